The molecule has 0 aliphatic heterocycles. The van der Waals surface area contributed by atoms with Crippen LogP contribution in [0.15, 0.2) is 22.7 Å². The maximum atomic E-state index is 13.3. The third-order valence-corrected chi connectivity index (χ3v) is 3.43. The van der Waals surface area contributed by atoms with E-state index in [1.807, 2.05) is 0 Å². The van der Waals surface area contributed by atoms with Gasteiger partial charge in [0.15, 0.2) is 0 Å². The summed E-state index contributed by atoms with van der Waals surface area (Å²) in [7, 11) is 1.29. The van der Waals surface area contributed by atoms with E-state index in [0.29, 0.717) is 0 Å². The number of rotatable bonds is 4. The van der Waals surface area contributed by atoms with E-state index in [1.54, 1.807) is 13.8 Å². The first-order chi connectivity index (χ1) is 8.79. The Hall–Kier alpha value is -1.43. The summed E-state index contributed by atoms with van der Waals surface area (Å²) >= 11 is 3.02. The van der Waals surface area contributed by atoms with Crippen LogP contribution in [0, 0.1) is 11.2 Å². The van der Waals surface area contributed by atoms with Crippen molar-refractivity contribution >= 4 is 27.8 Å². The van der Waals surface area contributed by atoms with E-state index in [4.69, 9.17) is 0 Å². The smallest absolute Gasteiger partial charge is 0.313 e. The summed E-state index contributed by atoms with van der Waals surface area (Å²) in [5, 5.41) is 2.59. The monoisotopic (exact) mass is 331 g/mol. The van der Waals surface area contributed by atoms with E-state index >= 15 is 0 Å². The van der Waals surface area contributed by atoms with Gasteiger partial charge in [0.2, 0.25) is 0 Å². The molecule has 0 spiro atoms. The molecule has 1 N–H and O–H groups in total. The van der Waals surface area contributed by atoms with E-state index in [9.17, 15) is 14.0 Å². The average Bonchev–Trinajstić information content (AvgIpc) is 2.38. The van der Waals surface area contributed by atoms with Crippen LogP contribution in [0.5, 0.6) is 0 Å². The summed E-state index contributed by atoms with van der Waals surface area (Å²) in [5.41, 5.74) is -0.662. The van der Waals surface area contributed by atoms with Crippen molar-refractivity contribution < 1.29 is 18.7 Å². The zero-order valence-electron chi connectivity index (χ0n) is 10.9. The Morgan fingerprint density at radius 3 is 2.63 bits per heavy atom. The Bertz CT molecular complexity index is 503. The predicted octanol–water partition coefficient (Wildman–Crippen LogP) is 2.52. The van der Waals surface area contributed by atoms with Gasteiger partial charge in [-0.25, -0.2) is 4.39 Å². The van der Waals surface area contributed by atoms with Gasteiger partial charge in [-0.2, -0.15) is 0 Å². The van der Waals surface area contributed by atoms with Crippen molar-refractivity contribution in [1.29, 1.82) is 0 Å². The summed E-state index contributed by atoms with van der Waals surface area (Å²) in [6.45, 7) is 3.40. The van der Waals surface area contributed by atoms with E-state index < -0.39 is 23.1 Å². The number of halogens is 2. The van der Waals surface area contributed by atoms with Crippen LogP contribution in [0.25, 0.3) is 0 Å². The highest BCUT2D eigenvalue weighted by Gasteiger charge is 2.29. The van der Waals surface area contributed by atoms with Crippen molar-refractivity contribution in [2.24, 2.45) is 5.41 Å². The molecule has 0 bridgehead atoms. The molecule has 19 heavy (non-hydrogen) atoms. The number of carbonyl (C=O) groups excluding carboxylic acids is 2. The van der Waals surface area contributed by atoms with E-state index in [1.165, 1.54) is 25.3 Å². The van der Waals surface area contributed by atoms with Crippen LogP contribution in [0.4, 0.5) is 4.39 Å². The van der Waals surface area contributed by atoms with Gasteiger partial charge in [-0.15, -0.1) is 0 Å². The van der Waals surface area contributed by atoms with Gasteiger partial charge >= 0.3 is 5.97 Å². The second-order valence-corrected chi connectivity index (χ2v) is 5.45. The number of ether oxygens (including phenoxy) is 1. The fraction of sp³-hybridized carbons (Fsp3) is 0.385. The molecule has 1 rings (SSSR count). The maximum Gasteiger partial charge on any atom is 0.313 e. The second kappa shape index (κ2) is 6.14. The van der Waals surface area contributed by atoms with E-state index in [0.717, 1.165) is 0 Å². The molecular formula is C13H15BrFNO3. The fourth-order valence-electron chi connectivity index (χ4n) is 1.42. The van der Waals surface area contributed by atoms with Crippen LogP contribution in [0.3, 0.4) is 0 Å². The minimum atomic E-state index is -0.843. The molecule has 0 saturated carbocycles. The lowest BCUT2D eigenvalue weighted by molar-refractivity contribution is -0.150. The number of hydrogen-bond donors (Lipinski definition) is 1. The highest BCUT2D eigenvalue weighted by atomic mass is 79.9. The number of methoxy groups -OCH3 is 1. The molecule has 4 nitrogen and oxygen atoms in total. The molecule has 0 aliphatic carbocycles. The van der Waals surface area contributed by atoms with Crippen molar-refractivity contribution in [2.45, 2.75) is 13.8 Å². The largest absolute Gasteiger partial charge is 0.469 e. The normalized spacial score (nSPS) is 11.0. The van der Waals surface area contributed by atoms with Gasteiger partial charge in [0.1, 0.15) is 5.82 Å². The Kier molecular flexibility index (Phi) is 5.05. The van der Waals surface area contributed by atoms with E-state index in [2.05, 4.69) is 26.0 Å². The number of amides is 1. The number of benzene rings is 1. The molecule has 1 aromatic rings. The average molecular weight is 332 g/mol. The Morgan fingerprint density at radius 2 is 2.05 bits per heavy atom. The molecule has 0 saturated heterocycles. The SMILES string of the molecule is COC(=O)C(C)(C)CNC(=O)c1cccc(F)c1Br. The fourth-order valence-corrected chi connectivity index (χ4v) is 1.87. The zero-order valence-corrected chi connectivity index (χ0v) is 12.5. The summed E-state index contributed by atoms with van der Waals surface area (Å²) in [4.78, 5) is 23.4. The first kappa shape index (κ1) is 15.6. The molecule has 104 valence electrons. The van der Waals surface area contributed by atoms with Crippen LogP contribution in [-0.2, 0) is 9.53 Å². The first-order valence-electron chi connectivity index (χ1n) is 5.60. The quantitative estimate of drug-likeness (QED) is 0.862. The van der Waals surface area contributed by atoms with Gasteiger partial charge in [0.05, 0.1) is 22.6 Å². The summed E-state index contributed by atoms with van der Waals surface area (Å²) in [6, 6.07) is 4.19. The standard InChI is InChI=1S/C13H15BrFNO3/c1-13(2,12(18)19-3)7-16-11(17)8-5-4-6-9(15)10(8)14/h4-6H,7H2,1-3H3,(H,16,17). The highest BCUT2D eigenvalue weighted by molar-refractivity contribution is 9.10. The summed E-state index contributed by atoms with van der Waals surface area (Å²) in [6.07, 6.45) is 0. The molecule has 1 aromatic carbocycles. The lowest BCUT2D eigenvalue weighted by Crippen LogP contribution is -2.39. The van der Waals surface area contributed by atoms with Crippen LogP contribution in [0.2, 0.25) is 0 Å². The van der Waals surface area contributed by atoms with Gasteiger partial charge in [-0.1, -0.05) is 6.07 Å². The number of esters is 1. The third-order valence-electron chi connectivity index (χ3n) is 2.63. The molecule has 0 unspecified atom stereocenters. The van der Waals surface area contributed by atoms with Gasteiger partial charge in [-0.05, 0) is 41.9 Å². The minimum Gasteiger partial charge on any atom is -0.469 e. The first-order valence-corrected chi connectivity index (χ1v) is 6.39. The van der Waals surface area contributed by atoms with Crippen LogP contribution >= 0.6 is 15.9 Å². The molecule has 0 fully saturated rings. The lowest BCUT2D eigenvalue weighted by atomic mass is 9.93. The topological polar surface area (TPSA) is 55.4 Å². The molecule has 0 atom stereocenters. The predicted molar refractivity (Wildman–Crippen MR) is 72.2 cm³/mol. The lowest BCUT2D eigenvalue weighted by Gasteiger charge is -2.21. The number of nitrogens with one attached hydrogen (secondary N) is 1. The van der Waals surface area contributed by atoms with Crippen molar-refractivity contribution in [2.75, 3.05) is 13.7 Å². The zero-order chi connectivity index (χ0) is 14.6. The van der Waals surface area contributed by atoms with Gasteiger partial charge in [0.25, 0.3) is 5.91 Å². The molecule has 0 heterocycles. The maximum absolute atomic E-state index is 13.3. The Balaban J connectivity index is 2.76. The molecule has 0 radical (unpaired) electrons. The summed E-state index contributed by atoms with van der Waals surface area (Å²) < 4.78 is 18.0. The number of carbonyl (C=O) groups is 2. The van der Waals surface area contributed by atoms with Crippen molar-refractivity contribution in [3.05, 3.63) is 34.1 Å². The van der Waals surface area contributed by atoms with Crippen LogP contribution in [0.1, 0.15) is 24.2 Å². The van der Waals surface area contributed by atoms with Crippen molar-refractivity contribution in [1.82, 2.24) is 5.32 Å². The van der Waals surface area contributed by atoms with Crippen LogP contribution in [-0.4, -0.2) is 25.5 Å². The summed E-state index contributed by atoms with van der Waals surface area (Å²) in [5.74, 6) is -1.39. The van der Waals surface area contributed by atoms with Crippen molar-refractivity contribution in [3.8, 4) is 0 Å². The minimum absolute atomic E-state index is 0.0987. The Morgan fingerprint density at radius 1 is 1.42 bits per heavy atom. The molecular weight excluding hydrogens is 317 g/mol. The van der Waals surface area contributed by atoms with E-state index in [-0.39, 0.29) is 16.6 Å². The van der Waals surface area contributed by atoms with Gasteiger partial charge in [-0.3, -0.25) is 9.59 Å². The molecule has 0 aliphatic rings. The molecule has 6 heteroatoms. The second-order valence-electron chi connectivity index (χ2n) is 4.66. The molecule has 0 aromatic heterocycles. The molecule has 1 amide bonds. The highest BCUT2D eigenvalue weighted by Crippen LogP contribution is 2.21. The van der Waals surface area contributed by atoms with Gasteiger partial charge < -0.3 is 10.1 Å². The Labute approximate surface area is 119 Å². The van der Waals surface area contributed by atoms with Crippen LogP contribution < -0.4 is 5.32 Å². The van der Waals surface area contributed by atoms with Gasteiger partial charge in [0, 0.05) is 6.54 Å². The van der Waals surface area contributed by atoms with Crippen molar-refractivity contribution in [3.63, 3.8) is 0 Å². The number of hydrogen-bond acceptors (Lipinski definition) is 3. The third kappa shape index (κ3) is 3.76.